The number of fused-ring (bicyclic) bond motifs is 2. The number of furan rings is 1. The summed E-state index contributed by atoms with van der Waals surface area (Å²) in [6, 6.07) is 13.5. The van der Waals surface area contributed by atoms with Gasteiger partial charge in [-0.05, 0) is 37.1 Å². The van der Waals surface area contributed by atoms with Crippen molar-refractivity contribution in [3.8, 4) is 0 Å². The van der Waals surface area contributed by atoms with Gasteiger partial charge in [-0.25, -0.2) is 0 Å². The van der Waals surface area contributed by atoms with E-state index in [1.54, 1.807) is 10.8 Å². The maximum Gasteiger partial charge on any atom is 0.309 e. The number of hydrogen-bond acceptors (Lipinski definition) is 7. The van der Waals surface area contributed by atoms with Gasteiger partial charge < -0.3 is 14.1 Å². The topological polar surface area (TPSA) is 85.8 Å². The predicted octanol–water partition coefficient (Wildman–Crippen LogP) is 2.83. The number of para-hydroxylation sites is 1. The molecule has 4 heterocycles. The van der Waals surface area contributed by atoms with Gasteiger partial charge in [-0.3, -0.25) is 4.79 Å². The van der Waals surface area contributed by atoms with E-state index < -0.39 is 0 Å². The van der Waals surface area contributed by atoms with E-state index in [4.69, 9.17) is 9.15 Å². The lowest BCUT2D eigenvalue weighted by molar-refractivity contribution is -0.151. The van der Waals surface area contributed by atoms with E-state index in [1.807, 2.05) is 42.5 Å². The van der Waals surface area contributed by atoms with Gasteiger partial charge in [0, 0.05) is 18.5 Å². The van der Waals surface area contributed by atoms with Crippen LogP contribution in [0.4, 0.5) is 5.82 Å². The highest BCUT2D eigenvalue weighted by molar-refractivity contribution is 5.78. The number of benzene rings is 1. The summed E-state index contributed by atoms with van der Waals surface area (Å²) in [5.74, 6) is 1.27. The number of carbonyl (C=O) groups excluding carboxylic acids is 1. The zero-order chi connectivity index (χ0) is 18.9. The number of hydrogen-bond donors (Lipinski definition) is 0. The standard InChI is InChI=1S/C20H19N5O3/c26-20(27-12-16-11-15-3-1-2-4-17(15)28-16)14-7-9-24(10-8-14)19-6-5-18-22-21-13-25(18)23-19/h1-6,11,13-14H,7-10,12H2. The van der Waals surface area contributed by atoms with Gasteiger partial charge in [-0.1, -0.05) is 18.2 Å². The summed E-state index contributed by atoms with van der Waals surface area (Å²) in [4.78, 5) is 14.6. The van der Waals surface area contributed by atoms with Gasteiger partial charge in [-0.2, -0.15) is 4.52 Å². The molecule has 0 unspecified atom stereocenters. The van der Waals surface area contributed by atoms with Gasteiger partial charge in [0.05, 0.1) is 5.92 Å². The fourth-order valence-corrected chi connectivity index (χ4v) is 3.60. The zero-order valence-electron chi connectivity index (χ0n) is 15.2. The Hall–Kier alpha value is -3.42. The Bertz CT molecular complexity index is 1090. The number of carbonyl (C=O) groups is 1. The van der Waals surface area contributed by atoms with Crippen molar-refractivity contribution in [1.82, 2.24) is 19.8 Å². The van der Waals surface area contributed by atoms with Crippen LogP contribution in [0.2, 0.25) is 0 Å². The first-order valence-corrected chi connectivity index (χ1v) is 9.32. The molecular weight excluding hydrogens is 358 g/mol. The zero-order valence-corrected chi connectivity index (χ0v) is 15.2. The fraction of sp³-hybridized carbons (Fsp3) is 0.300. The lowest BCUT2D eigenvalue weighted by Crippen LogP contribution is -2.37. The highest BCUT2D eigenvalue weighted by Gasteiger charge is 2.27. The summed E-state index contributed by atoms with van der Waals surface area (Å²) < 4.78 is 12.9. The summed E-state index contributed by atoms with van der Waals surface area (Å²) in [7, 11) is 0. The summed E-state index contributed by atoms with van der Waals surface area (Å²) in [6.45, 7) is 1.68. The molecule has 1 fully saturated rings. The molecule has 1 aliphatic heterocycles. The highest BCUT2D eigenvalue weighted by atomic mass is 16.5. The lowest BCUT2D eigenvalue weighted by atomic mass is 9.97. The molecule has 0 bridgehead atoms. The summed E-state index contributed by atoms with van der Waals surface area (Å²) in [5.41, 5.74) is 1.52. The molecule has 28 heavy (non-hydrogen) atoms. The molecule has 8 nitrogen and oxygen atoms in total. The van der Waals surface area contributed by atoms with Crippen molar-refractivity contribution in [3.05, 3.63) is 54.6 Å². The molecule has 0 aliphatic carbocycles. The molecule has 0 spiro atoms. The number of anilines is 1. The Morgan fingerprint density at radius 3 is 2.89 bits per heavy atom. The minimum atomic E-state index is -0.165. The lowest BCUT2D eigenvalue weighted by Gasteiger charge is -2.31. The average Bonchev–Trinajstić information content (AvgIpc) is 3.37. The molecule has 0 N–H and O–H groups in total. The second kappa shape index (κ2) is 6.95. The summed E-state index contributed by atoms with van der Waals surface area (Å²) in [6.07, 6.45) is 3.06. The predicted molar refractivity (Wildman–Crippen MR) is 102 cm³/mol. The third-order valence-corrected chi connectivity index (χ3v) is 5.13. The molecule has 0 saturated carbocycles. The van der Waals surface area contributed by atoms with E-state index in [1.165, 1.54) is 0 Å². The molecule has 8 heteroatoms. The third kappa shape index (κ3) is 3.17. The molecule has 5 rings (SSSR count). The second-order valence-corrected chi connectivity index (χ2v) is 6.94. The van der Waals surface area contributed by atoms with Gasteiger partial charge in [0.15, 0.2) is 5.65 Å². The molecule has 0 radical (unpaired) electrons. The van der Waals surface area contributed by atoms with Crippen molar-refractivity contribution in [2.24, 2.45) is 5.92 Å². The Morgan fingerprint density at radius 1 is 1.18 bits per heavy atom. The van der Waals surface area contributed by atoms with E-state index in [9.17, 15) is 4.79 Å². The largest absolute Gasteiger partial charge is 0.457 e. The van der Waals surface area contributed by atoms with E-state index in [0.717, 1.165) is 42.7 Å². The fourth-order valence-electron chi connectivity index (χ4n) is 3.60. The van der Waals surface area contributed by atoms with Crippen molar-refractivity contribution in [3.63, 3.8) is 0 Å². The van der Waals surface area contributed by atoms with Gasteiger partial charge >= 0.3 is 5.97 Å². The second-order valence-electron chi connectivity index (χ2n) is 6.94. The minimum absolute atomic E-state index is 0.0979. The number of piperidine rings is 1. The molecule has 1 saturated heterocycles. The van der Waals surface area contributed by atoms with E-state index in [0.29, 0.717) is 11.4 Å². The van der Waals surface area contributed by atoms with Crippen LogP contribution in [0.15, 0.2) is 53.2 Å². The Kier molecular flexibility index (Phi) is 4.16. The Labute approximate surface area is 160 Å². The van der Waals surface area contributed by atoms with Crippen LogP contribution in [0.5, 0.6) is 0 Å². The third-order valence-electron chi connectivity index (χ3n) is 5.13. The van der Waals surface area contributed by atoms with Crippen LogP contribution < -0.4 is 4.90 Å². The van der Waals surface area contributed by atoms with Crippen molar-refractivity contribution < 1.29 is 13.9 Å². The maximum atomic E-state index is 12.5. The molecule has 3 aromatic heterocycles. The molecule has 4 aromatic rings. The number of nitrogens with zero attached hydrogens (tertiary/aromatic N) is 5. The smallest absolute Gasteiger partial charge is 0.309 e. The van der Waals surface area contributed by atoms with Crippen LogP contribution in [0.25, 0.3) is 16.6 Å². The van der Waals surface area contributed by atoms with E-state index in [-0.39, 0.29) is 18.5 Å². The van der Waals surface area contributed by atoms with Crippen molar-refractivity contribution in [2.45, 2.75) is 19.4 Å². The van der Waals surface area contributed by atoms with E-state index >= 15 is 0 Å². The quantitative estimate of drug-likeness (QED) is 0.506. The van der Waals surface area contributed by atoms with E-state index in [2.05, 4.69) is 20.2 Å². The molecule has 1 aliphatic rings. The van der Waals surface area contributed by atoms with Gasteiger partial charge in [0.1, 0.15) is 30.1 Å². The maximum absolute atomic E-state index is 12.5. The first kappa shape index (κ1) is 16.7. The van der Waals surface area contributed by atoms with Crippen LogP contribution in [0.3, 0.4) is 0 Å². The summed E-state index contributed by atoms with van der Waals surface area (Å²) >= 11 is 0. The summed E-state index contributed by atoms with van der Waals surface area (Å²) in [5, 5.41) is 13.3. The first-order valence-electron chi connectivity index (χ1n) is 9.32. The highest BCUT2D eigenvalue weighted by Crippen LogP contribution is 2.24. The average molecular weight is 377 g/mol. The number of ether oxygens (including phenoxy) is 1. The Morgan fingerprint density at radius 2 is 2.04 bits per heavy atom. The SMILES string of the molecule is O=C(OCc1cc2ccccc2o1)C1CCN(c2ccc3nncn3n2)CC1. The molecular formula is C20H19N5O3. The normalized spacial score (nSPS) is 15.4. The molecule has 0 atom stereocenters. The minimum Gasteiger partial charge on any atom is -0.457 e. The van der Waals surface area contributed by atoms with Crippen LogP contribution >= 0.6 is 0 Å². The van der Waals surface area contributed by atoms with Crippen molar-refractivity contribution in [1.29, 1.82) is 0 Å². The molecule has 142 valence electrons. The molecule has 1 aromatic carbocycles. The van der Waals surface area contributed by atoms with Gasteiger partial charge in [-0.15, -0.1) is 15.3 Å². The van der Waals surface area contributed by atoms with Crippen LogP contribution in [-0.4, -0.2) is 38.9 Å². The first-order chi connectivity index (χ1) is 13.8. The van der Waals surface area contributed by atoms with Gasteiger partial charge in [0.2, 0.25) is 0 Å². The molecule has 0 amide bonds. The number of esters is 1. The monoisotopic (exact) mass is 377 g/mol. The van der Waals surface area contributed by atoms with Crippen LogP contribution in [0, 0.1) is 5.92 Å². The van der Waals surface area contributed by atoms with Crippen LogP contribution in [-0.2, 0) is 16.1 Å². The Balaban J connectivity index is 1.17. The van der Waals surface area contributed by atoms with Crippen molar-refractivity contribution >= 4 is 28.4 Å². The number of rotatable bonds is 4. The number of aromatic nitrogens is 4. The van der Waals surface area contributed by atoms with Gasteiger partial charge in [0.25, 0.3) is 0 Å². The van der Waals surface area contributed by atoms with Crippen LogP contribution in [0.1, 0.15) is 18.6 Å². The van der Waals surface area contributed by atoms with Crippen molar-refractivity contribution in [2.75, 3.05) is 18.0 Å².